The second-order valence-electron chi connectivity index (χ2n) is 17.7. The van der Waals surface area contributed by atoms with E-state index in [9.17, 15) is 14.4 Å². The third kappa shape index (κ3) is 15.4. The third-order valence-electron chi connectivity index (χ3n) is 12.5. The molecule has 1 aliphatic heterocycles. The molecule has 2 aliphatic rings. The summed E-state index contributed by atoms with van der Waals surface area (Å²) in [6.45, 7) is 26.0. The molecule has 60 heavy (non-hydrogen) atoms. The fraction of sp³-hybridized carbons (Fsp3) is 0.580. The summed E-state index contributed by atoms with van der Waals surface area (Å²) in [5, 5.41) is 10.5. The first-order chi connectivity index (χ1) is 28.8. The van der Waals surface area contributed by atoms with Gasteiger partial charge in [-0.15, -0.1) is 0 Å². The summed E-state index contributed by atoms with van der Waals surface area (Å²) in [5.74, 6) is 1.45. The van der Waals surface area contributed by atoms with Crippen LogP contribution in [0.15, 0.2) is 97.1 Å². The van der Waals surface area contributed by atoms with E-state index in [0.717, 1.165) is 60.9 Å². The second-order valence-corrected chi connectivity index (χ2v) is 20.1. The summed E-state index contributed by atoms with van der Waals surface area (Å²) in [7, 11) is -1.18. The molecule has 1 saturated carbocycles. The van der Waals surface area contributed by atoms with Crippen molar-refractivity contribution in [2.24, 2.45) is 29.4 Å². The smallest absolute Gasteiger partial charge is 0.407 e. The average Bonchev–Trinajstić information content (AvgIpc) is 3.57. The van der Waals surface area contributed by atoms with E-state index in [1.807, 2.05) is 48.5 Å². The van der Waals surface area contributed by atoms with Crippen LogP contribution in [0.5, 0.6) is 0 Å². The topological polar surface area (TPSA) is 126 Å². The van der Waals surface area contributed by atoms with Crippen molar-refractivity contribution in [1.29, 1.82) is 0 Å². The molecular formula is C50H76N5O4P. The van der Waals surface area contributed by atoms with Crippen LogP contribution in [0.25, 0.3) is 0 Å². The molecular weight excluding hydrogens is 766 g/mol. The van der Waals surface area contributed by atoms with Crippen LogP contribution in [0, 0.1) is 23.7 Å². The number of hydrogen-bond acceptors (Lipinski definition) is 6. The number of carbonyl (C=O) groups excluding carboxylic acids is 3. The van der Waals surface area contributed by atoms with Crippen molar-refractivity contribution in [3.63, 3.8) is 0 Å². The molecule has 1 aliphatic carbocycles. The Balaban J connectivity index is 1.53. The number of nitrogens with one attached hydrogen (secondary N) is 3. The molecule has 4 rings (SSSR count). The van der Waals surface area contributed by atoms with Crippen molar-refractivity contribution in [3.05, 3.63) is 108 Å². The van der Waals surface area contributed by atoms with Gasteiger partial charge in [-0.05, 0) is 91.7 Å². The van der Waals surface area contributed by atoms with Crippen LogP contribution in [0.4, 0.5) is 4.79 Å². The zero-order chi connectivity index (χ0) is 43.6. The number of likely N-dealkylation sites (tertiary alicyclic amines) is 1. The highest BCUT2D eigenvalue weighted by molar-refractivity contribution is 7.63. The van der Waals surface area contributed by atoms with E-state index in [0.29, 0.717) is 62.2 Å². The van der Waals surface area contributed by atoms with Crippen LogP contribution in [-0.4, -0.2) is 73.0 Å². The van der Waals surface area contributed by atoms with Crippen molar-refractivity contribution in [2.75, 3.05) is 26.4 Å². The second kappa shape index (κ2) is 25.0. The number of nitrogens with two attached hydrogens (primary N) is 1. The molecule has 2 fully saturated rings. The number of carbonyl (C=O) groups is 3. The summed E-state index contributed by atoms with van der Waals surface area (Å²) < 4.78 is 5.87. The normalized spacial score (nSPS) is 19.7. The number of ether oxygens (including phenoxy) is 1. The highest BCUT2D eigenvalue weighted by Gasteiger charge is 2.49. The largest absolute Gasteiger partial charge is 0.449 e. The molecule has 2 aromatic carbocycles. The Morgan fingerprint density at radius 1 is 0.783 bits per heavy atom. The lowest BCUT2D eigenvalue weighted by atomic mass is 10.0. The highest BCUT2D eigenvalue weighted by atomic mass is 31.1. The molecule has 0 aromatic heterocycles. The first kappa shape index (κ1) is 48.6. The summed E-state index contributed by atoms with van der Waals surface area (Å²) in [4.78, 5) is 44.8. The van der Waals surface area contributed by atoms with E-state index in [1.165, 1.54) is 25.7 Å². The predicted octanol–water partition coefficient (Wildman–Crippen LogP) is 9.68. The van der Waals surface area contributed by atoms with Gasteiger partial charge in [0.1, 0.15) is 6.04 Å². The van der Waals surface area contributed by atoms with Crippen LogP contribution in [0.3, 0.4) is 0 Å². The molecule has 0 radical (unpaired) electrons. The van der Waals surface area contributed by atoms with Gasteiger partial charge in [0.2, 0.25) is 11.8 Å². The number of nitrogens with zero attached hydrogens (tertiary/aromatic N) is 1. The fourth-order valence-electron chi connectivity index (χ4n) is 8.86. The van der Waals surface area contributed by atoms with E-state index in [4.69, 9.17) is 10.5 Å². The van der Waals surface area contributed by atoms with Crippen LogP contribution in [0.1, 0.15) is 109 Å². The number of amides is 3. The zero-order valence-corrected chi connectivity index (χ0v) is 38.3. The maximum atomic E-state index is 14.6. The maximum absolute atomic E-state index is 14.6. The molecule has 1 heterocycles. The molecule has 330 valence electrons. The number of alkyl carbamates (subject to hydrolysis) is 1. The lowest BCUT2D eigenvalue weighted by Crippen LogP contribution is -2.51. The lowest BCUT2D eigenvalue weighted by molar-refractivity contribution is -0.123. The highest BCUT2D eigenvalue weighted by Crippen LogP contribution is 2.52. The number of benzene rings is 2. The number of rotatable bonds is 27. The molecule has 10 heteroatoms. The van der Waals surface area contributed by atoms with Gasteiger partial charge >= 0.3 is 6.09 Å². The molecule has 8 atom stereocenters. The predicted molar refractivity (Wildman–Crippen MR) is 250 cm³/mol. The van der Waals surface area contributed by atoms with Crippen molar-refractivity contribution < 1.29 is 19.1 Å². The van der Waals surface area contributed by atoms with Crippen LogP contribution in [-0.2, 0) is 27.2 Å². The van der Waals surface area contributed by atoms with E-state index in [1.54, 1.807) is 0 Å². The maximum Gasteiger partial charge on any atom is 0.407 e. The lowest BCUT2D eigenvalue weighted by Gasteiger charge is -2.34. The van der Waals surface area contributed by atoms with Crippen LogP contribution in [0.2, 0.25) is 0 Å². The van der Waals surface area contributed by atoms with Crippen LogP contribution >= 0.6 is 7.92 Å². The van der Waals surface area contributed by atoms with E-state index < -0.39 is 31.8 Å². The Morgan fingerprint density at radius 3 is 1.97 bits per heavy atom. The molecule has 5 N–H and O–H groups in total. The minimum atomic E-state index is -1.18. The Labute approximate surface area is 363 Å². The van der Waals surface area contributed by atoms with Gasteiger partial charge in [0.05, 0.1) is 24.3 Å². The van der Waals surface area contributed by atoms with Crippen molar-refractivity contribution in [1.82, 2.24) is 20.9 Å². The molecule has 2 aromatic rings. The molecule has 6 unspecified atom stereocenters. The van der Waals surface area contributed by atoms with E-state index in [-0.39, 0.29) is 23.8 Å². The molecule has 0 spiro atoms. The summed E-state index contributed by atoms with van der Waals surface area (Å²) in [6, 6.07) is 18.2. The molecule has 9 nitrogen and oxygen atoms in total. The van der Waals surface area contributed by atoms with Crippen molar-refractivity contribution in [2.45, 2.75) is 135 Å². The van der Waals surface area contributed by atoms with Crippen LogP contribution < -0.4 is 21.7 Å². The summed E-state index contributed by atoms with van der Waals surface area (Å²) in [6.07, 6.45) is 11.4. The quantitative estimate of drug-likeness (QED) is 0.0525. The average molecular weight is 842 g/mol. The Kier molecular flexibility index (Phi) is 20.2. The minimum Gasteiger partial charge on any atom is -0.449 e. The van der Waals surface area contributed by atoms with Gasteiger partial charge in [-0.3, -0.25) is 9.59 Å². The summed E-state index contributed by atoms with van der Waals surface area (Å²) >= 11 is 0. The van der Waals surface area contributed by atoms with Crippen molar-refractivity contribution >= 4 is 25.8 Å². The SMILES string of the molecule is C=C(N)CC[C@H](NC(=O)C(Cc1ccccc1)P(C)C(=C)[C@H](CC(C)C)NC(=O)C(Cc1ccccc1)NC(=O)OCC1C(CCC)C1CCCCC)C(=C)N1CCCC1. The first-order valence-electron chi connectivity index (χ1n) is 22.7. The number of allylic oxidation sites excluding steroid dienone is 1. The Hall–Kier alpha value is -4.10. The monoisotopic (exact) mass is 842 g/mol. The standard InChI is InChI=1S/C50H76N5O4P/c1-9-11-14-26-42-41(21-10-2)43(42)34-59-50(58)54-46(32-39-22-15-12-16-23-39)48(56)53-45(31-35(3)4)38(7)60(8)47(33-40-24-17-13-18-25-40)49(57)52-44(28-27-36(5)51)37(6)55-29-19-20-30-55/h12-13,15-18,22-25,35,41-47H,5-7,9-11,14,19-21,26-34,51H2,1-4,8H3,(H,52,57)(H,53,56)(H,54,58)/t41?,42?,43?,44-,45-,46?,47?,60?/m0/s1. The van der Waals surface area contributed by atoms with Gasteiger partial charge < -0.3 is 31.3 Å². The minimum absolute atomic E-state index is 0.0629. The number of unbranched alkanes of at least 4 members (excludes halogenated alkanes) is 2. The first-order valence-corrected chi connectivity index (χ1v) is 24.6. The Morgan fingerprint density at radius 2 is 1.38 bits per heavy atom. The van der Waals surface area contributed by atoms with E-state index >= 15 is 0 Å². The van der Waals surface area contributed by atoms with Gasteiger partial charge in [-0.2, -0.15) is 0 Å². The molecule has 3 amide bonds. The fourth-order valence-corrected chi connectivity index (χ4v) is 10.8. The molecule has 1 saturated heterocycles. The van der Waals surface area contributed by atoms with Gasteiger partial charge in [-0.25, -0.2) is 4.79 Å². The number of hydrogen-bond donors (Lipinski definition) is 4. The summed E-state index contributed by atoms with van der Waals surface area (Å²) in [5.41, 5.74) is 9.07. The van der Waals surface area contributed by atoms with Crippen molar-refractivity contribution in [3.8, 4) is 0 Å². The van der Waals surface area contributed by atoms with Gasteiger partial charge in [0, 0.05) is 30.9 Å². The zero-order valence-electron chi connectivity index (χ0n) is 37.4. The van der Waals surface area contributed by atoms with E-state index in [2.05, 4.69) is 87.1 Å². The molecule has 0 bridgehead atoms. The Bertz CT molecular complexity index is 1680. The van der Waals surface area contributed by atoms with Gasteiger partial charge in [0.25, 0.3) is 0 Å². The third-order valence-corrected chi connectivity index (χ3v) is 15.0. The van der Waals surface area contributed by atoms with Gasteiger partial charge in [0.15, 0.2) is 0 Å². The van der Waals surface area contributed by atoms with Gasteiger partial charge in [-0.1, -0.05) is 148 Å².